The quantitative estimate of drug-likeness (QED) is 0.684. The summed E-state index contributed by atoms with van der Waals surface area (Å²) >= 11 is 0. The molecular weight excluding hydrogens is 324 g/mol. The van der Waals surface area contributed by atoms with Crippen molar-refractivity contribution in [2.75, 3.05) is 34.2 Å². The first kappa shape index (κ1) is 16.2. The molecule has 0 amide bonds. The molecule has 1 aromatic heterocycles. The highest BCUT2D eigenvalue weighted by Crippen LogP contribution is 2.31. The summed E-state index contributed by atoms with van der Waals surface area (Å²) in [7, 11) is 0. The second kappa shape index (κ2) is 7.31. The van der Waals surface area contributed by atoms with Crippen LogP contribution < -0.4 is 21.1 Å². The maximum absolute atomic E-state index is 6.41. The lowest BCUT2D eigenvalue weighted by Crippen LogP contribution is -2.27. The Kier molecular flexibility index (Phi) is 4.55. The maximum atomic E-state index is 6.41. The fraction of sp³-hybridized carbons (Fsp3) is 0.200. The van der Waals surface area contributed by atoms with Crippen LogP contribution in [0.2, 0.25) is 0 Å². The predicted molar refractivity (Wildman–Crippen MR) is 107 cm³/mol. The SMILES string of the molecule is Nc1c(NN(c2ccccc2)c2ccccc2)ncnc1N1CCCC1. The molecule has 1 aliphatic heterocycles. The van der Waals surface area contributed by atoms with Crippen LogP contribution in [0.15, 0.2) is 67.0 Å². The number of nitrogens with two attached hydrogens (primary N) is 1. The van der Waals surface area contributed by atoms with Gasteiger partial charge < -0.3 is 10.6 Å². The molecule has 0 bridgehead atoms. The molecule has 0 radical (unpaired) electrons. The summed E-state index contributed by atoms with van der Waals surface area (Å²) < 4.78 is 0. The second-order valence-corrected chi connectivity index (χ2v) is 6.27. The predicted octanol–water partition coefficient (Wildman–Crippen LogP) is 3.82. The molecule has 1 fully saturated rings. The van der Waals surface area contributed by atoms with Crippen molar-refractivity contribution >= 4 is 28.7 Å². The summed E-state index contributed by atoms with van der Waals surface area (Å²) in [4.78, 5) is 11.0. The number of nitrogens with zero attached hydrogens (tertiary/aromatic N) is 4. The van der Waals surface area contributed by atoms with Gasteiger partial charge in [0.25, 0.3) is 0 Å². The van der Waals surface area contributed by atoms with Crippen LogP contribution in [0, 0.1) is 0 Å². The number of hydrazine groups is 1. The van der Waals surface area contributed by atoms with E-state index < -0.39 is 0 Å². The maximum Gasteiger partial charge on any atom is 0.173 e. The Labute approximate surface area is 153 Å². The van der Waals surface area contributed by atoms with E-state index in [-0.39, 0.29) is 0 Å². The van der Waals surface area contributed by atoms with E-state index in [0.717, 1.165) is 30.3 Å². The molecule has 0 atom stereocenters. The van der Waals surface area contributed by atoms with Gasteiger partial charge in [0, 0.05) is 13.1 Å². The van der Waals surface area contributed by atoms with Crippen LogP contribution in [0.3, 0.4) is 0 Å². The standard InChI is InChI=1S/C20H22N6/c21-18-19(22-15-23-20(18)25-13-7-8-14-25)24-26(16-9-3-1-4-10-16)17-11-5-2-6-12-17/h1-6,9-12,15H,7-8,13-14,21H2,(H,22,23,24). The molecule has 3 N–H and O–H groups in total. The molecule has 0 saturated carbocycles. The number of nitrogen functional groups attached to an aromatic ring is 1. The Balaban J connectivity index is 1.69. The zero-order valence-corrected chi connectivity index (χ0v) is 14.5. The number of hydrogen-bond acceptors (Lipinski definition) is 6. The van der Waals surface area contributed by atoms with Crippen LogP contribution >= 0.6 is 0 Å². The first-order valence-electron chi connectivity index (χ1n) is 8.85. The van der Waals surface area contributed by atoms with Crippen molar-refractivity contribution in [3.63, 3.8) is 0 Å². The monoisotopic (exact) mass is 346 g/mol. The summed E-state index contributed by atoms with van der Waals surface area (Å²) in [6, 6.07) is 20.2. The molecule has 4 rings (SSSR count). The van der Waals surface area contributed by atoms with Crippen molar-refractivity contribution in [1.29, 1.82) is 0 Å². The van der Waals surface area contributed by atoms with E-state index in [1.54, 1.807) is 6.33 Å². The van der Waals surface area contributed by atoms with Crippen LogP contribution in [-0.2, 0) is 0 Å². The molecule has 2 heterocycles. The van der Waals surface area contributed by atoms with Crippen molar-refractivity contribution in [3.8, 4) is 0 Å². The topological polar surface area (TPSA) is 70.3 Å². The van der Waals surface area contributed by atoms with Crippen molar-refractivity contribution in [2.45, 2.75) is 12.8 Å². The largest absolute Gasteiger partial charge is 0.393 e. The third-order valence-electron chi connectivity index (χ3n) is 4.51. The Morgan fingerprint density at radius 2 is 1.42 bits per heavy atom. The minimum Gasteiger partial charge on any atom is -0.393 e. The fourth-order valence-corrected chi connectivity index (χ4v) is 3.19. The number of para-hydroxylation sites is 2. The number of benzene rings is 2. The Morgan fingerprint density at radius 3 is 2.00 bits per heavy atom. The summed E-state index contributed by atoms with van der Waals surface area (Å²) in [5.74, 6) is 1.41. The number of nitrogens with one attached hydrogen (secondary N) is 1. The van der Waals surface area contributed by atoms with E-state index in [4.69, 9.17) is 5.73 Å². The minimum absolute atomic E-state index is 0.575. The van der Waals surface area contributed by atoms with Gasteiger partial charge in [0.05, 0.1) is 11.4 Å². The number of aromatic nitrogens is 2. The summed E-state index contributed by atoms with van der Waals surface area (Å²) in [6.07, 6.45) is 3.92. The average molecular weight is 346 g/mol. The van der Waals surface area contributed by atoms with Crippen LogP contribution in [0.4, 0.5) is 28.7 Å². The molecule has 0 spiro atoms. The normalized spacial score (nSPS) is 13.6. The number of hydrogen-bond donors (Lipinski definition) is 2. The molecule has 3 aromatic rings. The van der Waals surface area contributed by atoms with Crippen molar-refractivity contribution < 1.29 is 0 Å². The smallest absolute Gasteiger partial charge is 0.173 e. The molecule has 6 heteroatoms. The molecular formula is C20H22N6. The zero-order chi connectivity index (χ0) is 17.8. The first-order valence-corrected chi connectivity index (χ1v) is 8.85. The van der Waals surface area contributed by atoms with Gasteiger partial charge in [0.15, 0.2) is 11.6 Å². The number of anilines is 5. The highest BCUT2D eigenvalue weighted by atomic mass is 15.5. The minimum atomic E-state index is 0.575. The lowest BCUT2D eigenvalue weighted by atomic mass is 10.2. The van der Waals surface area contributed by atoms with Crippen LogP contribution in [0.25, 0.3) is 0 Å². The lowest BCUT2D eigenvalue weighted by molar-refractivity contribution is 0.929. The van der Waals surface area contributed by atoms with Gasteiger partial charge in [-0.15, -0.1) is 0 Å². The molecule has 0 aliphatic carbocycles. The molecule has 1 aliphatic rings. The summed E-state index contributed by atoms with van der Waals surface area (Å²) in [5.41, 5.74) is 12.4. The molecule has 0 unspecified atom stereocenters. The van der Waals surface area contributed by atoms with Crippen LogP contribution in [-0.4, -0.2) is 23.1 Å². The van der Waals surface area contributed by atoms with Gasteiger partial charge in [-0.2, -0.15) is 0 Å². The van der Waals surface area contributed by atoms with Gasteiger partial charge in [-0.25, -0.2) is 9.97 Å². The highest BCUT2D eigenvalue weighted by molar-refractivity contribution is 5.78. The molecule has 132 valence electrons. The van der Waals surface area contributed by atoms with Gasteiger partial charge in [0.2, 0.25) is 0 Å². The van der Waals surface area contributed by atoms with E-state index >= 15 is 0 Å². The van der Waals surface area contributed by atoms with Gasteiger partial charge in [-0.1, -0.05) is 36.4 Å². The summed E-state index contributed by atoms with van der Waals surface area (Å²) in [5, 5.41) is 1.98. The van der Waals surface area contributed by atoms with E-state index in [2.05, 4.69) is 20.3 Å². The Morgan fingerprint density at radius 1 is 0.846 bits per heavy atom. The molecule has 6 nitrogen and oxygen atoms in total. The zero-order valence-electron chi connectivity index (χ0n) is 14.5. The molecule has 1 saturated heterocycles. The first-order chi connectivity index (χ1) is 12.8. The highest BCUT2D eigenvalue weighted by Gasteiger charge is 2.20. The third-order valence-corrected chi connectivity index (χ3v) is 4.51. The second-order valence-electron chi connectivity index (χ2n) is 6.27. The molecule has 2 aromatic carbocycles. The van der Waals surface area contributed by atoms with Crippen LogP contribution in [0.5, 0.6) is 0 Å². The van der Waals surface area contributed by atoms with E-state index in [9.17, 15) is 0 Å². The van der Waals surface area contributed by atoms with Crippen molar-refractivity contribution in [2.24, 2.45) is 0 Å². The van der Waals surface area contributed by atoms with E-state index in [1.165, 1.54) is 12.8 Å². The van der Waals surface area contributed by atoms with Gasteiger partial charge in [0.1, 0.15) is 12.0 Å². The Bertz CT molecular complexity index is 807. The van der Waals surface area contributed by atoms with Crippen LogP contribution in [0.1, 0.15) is 12.8 Å². The lowest BCUT2D eigenvalue weighted by Gasteiger charge is -2.27. The van der Waals surface area contributed by atoms with Crippen molar-refractivity contribution in [3.05, 3.63) is 67.0 Å². The number of rotatable bonds is 5. The average Bonchev–Trinajstić information content (AvgIpc) is 3.23. The molecule has 26 heavy (non-hydrogen) atoms. The van der Waals surface area contributed by atoms with E-state index in [0.29, 0.717) is 11.5 Å². The van der Waals surface area contributed by atoms with Gasteiger partial charge >= 0.3 is 0 Å². The van der Waals surface area contributed by atoms with Gasteiger partial charge in [-0.05, 0) is 37.1 Å². The van der Waals surface area contributed by atoms with Crippen molar-refractivity contribution in [1.82, 2.24) is 9.97 Å². The van der Waals surface area contributed by atoms with E-state index in [1.807, 2.05) is 65.7 Å². The van der Waals surface area contributed by atoms with Gasteiger partial charge in [-0.3, -0.25) is 10.4 Å². The fourth-order valence-electron chi connectivity index (χ4n) is 3.19. The third kappa shape index (κ3) is 3.26. The summed E-state index contributed by atoms with van der Waals surface area (Å²) in [6.45, 7) is 1.98. The Hall–Kier alpha value is -3.28.